The molecule has 1 aliphatic rings. The van der Waals surface area contributed by atoms with Crippen LogP contribution in [0.25, 0.3) is 10.4 Å². The van der Waals surface area contributed by atoms with Crippen LogP contribution in [-0.4, -0.2) is 34.9 Å². The van der Waals surface area contributed by atoms with Crippen LogP contribution in [0.3, 0.4) is 0 Å². The van der Waals surface area contributed by atoms with Crippen molar-refractivity contribution >= 4 is 11.6 Å². The number of hydrogen-bond donors (Lipinski definition) is 1. The molecule has 126 valence electrons. The summed E-state index contributed by atoms with van der Waals surface area (Å²) in [5.41, 5.74) is 8.09. The van der Waals surface area contributed by atoms with Crippen molar-refractivity contribution < 1.29 is 19.4 Å². The highest BCUT2D eigenvalue weighted by molar-refractivity contribution is 6.12. The normalized spacial score (nSPS) is 20.0. The Morgan fingerprint density at radius 2 is 2.04 bits per heavy atom. The van der Waals surface area contributed by atoms with Crippen molar-refractivity contribution in [2.75, 3.05) is 6.61 Å². The molecule has 0 spiro atoms. The Labute approximate surface area is 143 Å². The van der Waals surface area contributed by atoms with E-state index in [1.807, 2.05) is 0 Å². The highest BCUT2D eigenvalue weighted by Gasteiger charge is 2.52. The molecule has 0 saturated carbocycles. The minimum Gasteiger partial charge on any atom is -0.492 e. The molecule has 1 N–H and O–H groups in total. The number of Topliss-reactive ketones (excluding diaryl/α,β-unsaturated/α-hetero) is 2. The Morgan fingerprint density at radius 1 is 1.32 bits per heavy atom. The number of azide groups is 1. The summed E-state index contributed by atoms with van der Waals surface area (Å²) in [6.45, 7) is 1.38. The lowest BCUT2D eigenvalue weighted by atomic mass is 9.80. The molecule has 25 heavy (non-hydrogen) atoms. The molecule has 0 unspecified atom stereocenters. The van der Waals surface area contributed by atoms with Crippen molar-refractivity contribution in [1.82, 2.24) is 0 Å². The van der Waals surface area contributed by atoms with Gasteiger partial charge in [-0.2, -0.15) is 0 Å². The van der Waals surface area contributed by atoms with E-state index in [4.69, 9.17) is 10.3 Å². The Bertz CT molecular complexity index is 890. The molecule has 0 saturated heterocycles. The van der Waals surface area contributed by atoms with Crippen LogP contribution in [0.4, 0.5) is 0 Å². The molecule has 0 amide bonds. The van der Waals surface area contributed by atoms with E-state index < -0.39 is 29.8 Å². The first-order valence-electron chi connectivity index (χ1n) is 7.61. The second-order valence-corrected chi connectivity index (χ2v) is 5.86. The fourth-order valence-corrected chi connectivity index (χ4v) is 2.82. The average molecular weight is 337 g/mol. The molecule has 7 heteroatoms. The summed E-state index contributed by atoms with van der Waals surface area (Å²) in [7, 11) is 0. The van der Waals surface area contributed by atoms with Crippen LogP contribution in [0, 0.1) is 6.92 Å². The molecule has 1 heterocycles. The number of carbonyl (C=O) groups excluding carboxylic acids is 2. The largest absolute Gasteiger partial charge is 0.492 e. The summed E-state index contributed by atoms with van der Waals surface area (Å²) in [5.74, 6) is -1.01. The Kier molecular flexibility index (Phi) is 4.27. The SMILES string of the molecule is Cc1ccc2c(c1)C(=O)[C@](N=[N+]=[N-])([C@H](O)C(=O)c1ccccc1)CO2. The topological polar surface area (TPSA) is 112 Å². The second-order valence-electron chi connectivity index (χ2n) is 5.86. The van der Waals surface area contributed by atoms with E-state index in [1.165, 1.54) is 12.1 Å². The van der Waals surface area contributed by atoms with E-state index in [0.29, 0.717) is 5.75 Å². The third kappa shape index (κ3) is 2.76. The molecular formula is C18H15N3O4. The predicted octanol–water partition coefficient (Wildman–Crippen LogP) is 2.86. The predicted molar refractivity (Wildman–Crippen MR) is 89.7 cm³/mol. The first-order valence-corrected chi connectivity index (χ1v) is 7.61. The zero-order chi connectivity index (χ0) is 18.0. The summed E-state index contributed by atoms with van der Waals surface area (Å²) in [6.07, 6.45) is -1.85. The third-order valence-electron chi connectivity index (χ3n) is 4.20. The van der Waals surface area contributed by atoms with Gasteiger partial charge in [0.25, 0.3) is 0 Å². The van der Waals surface area contributed by atoms with Gasteiger partial charge in [-0.15, -0.1) is 0 Å². The summed E-state index contributed by atoms with van der Waals surface area (Å²) >= 11 is 0. The van der Waals surface area contributed by atoms with Crippen molar-refractivity contribution in [3.05, 3.63) is 75.7 Å². The summed E-state index contributed by atoms with van der Waals surface area (Å²) in [6, 6.07) is 13.0. The van der Waals surface area contributed by atoms with Gasteiger partial charge < -0.3 is 9.84 Å². The highest BCUT2D eigenvalue weighted by Crippen LogP contribution is 2.35. The standard InChI is InChI=1S/C18H15N3O4/c1-11-7-8-14-13(9-11)16(23)18(10-25-14,20-21-19)17(24)15(22)12-5-3-2-4-6-12/h2-9,17,24H,10H2,1H3/t17-,18+/m1/s1. The van der Waals surface area contributed by atoms with Crippen LogP contribution >= 0.6 is 0 Å². The summed E-state index contributed by atoms with van der Waals surface area (Å²) < 4.78 is 5.53. The maximum absolute atomic E-state index is 13.0. The fraction of sp³-hybridized carbons (Fsp3) is 0.222. The Hall–Kier alpha value is -3.15. The Morgan fingerprint density at radius 3 is 2.72 bits per heavy atom. The van der Waals surface area contributed by atoms with E-state index in [0.717, 1.165) is 5.56 Å². The van der Waals surface area contributed by atoms with Crippen LogP contribution in [0.15, 0.2) is 53.6 Å². The molecule has 3 rings (SSSR count). The van der Waals surface area contributed by atoms with Gasteiger partial charge in [0.05, 0.1) is 5.56 Å². The van der Waals surface area contributed by atoms with Crippen LogP contribution in [0.2, 0.25) is 0 Å². The first-order chi connectivity index (χ1) is 12.0. The lowest BCUT2D eigenvalue weighted by Crippen LogP contribution is -2.57. The van der Waals surface area contributed by atoms with Gasteiger partial charge in [-0.3, -0.25) is 9.59 Å². The van der Waals surface area contributed by atoms with Gasteiger partial charge in [0.1, 0.15) is 18.5 Å². The molecule has 1 aliphatic heterocycles. The van der Waals surface area contributed by atoms with Crippen LogP contribution in [0.5, 0.6) is 5.75 Å². The molecule has 2 atom stereocenters. The van der Waals surface area contributed by atoms with Crippen LogP contribution in [0.1, 0.15) is 26.3 Å². The van der Waals surface area contributed by atoms with Gasteiger partial charge in [-0.25, -0.2) is 0 Å². The molecule has 0 bridgehead atoms. The number of aryl methyl sites for hydroxylation is 1. The molecule has 0 aromatic heterocycles. The van der Waals surface area contributed by atoms with E-state index in [-0.39, 0.29) is 11.1 Å². The minimum absolute atomic E-state index is 0.179. The van der Waals surface area contributed by atoms with E-state index in [1.54, 1.807) is 43.3 Å². The van der Waals surface area contributed by atoms with Gasteiger partial charge in [0.15, 0.2) is 17.1 Å². The van der Waals surface area contributed by atoms with Crippen molar-refractivity contribution in [2.45, 2.75) is 18.6 Å². The summed E-state index contributed by atoms with van der Waals surface area (Å²) in [4.78, 5) is 28.3. The lowest BCUT2D eigenvalue weighted by molar-refractivity contribution is 0.0311. The number of nitrogens with zero attached hydrogens (tertiary/aromatic N) is 3. The van der Waals surface area contributed by atoms with Crippen molar-refractivity contribution in [3.63, 3.8) is 0 Å². The maximum Gasteiger partial charge on any atom is 0.192 e. The zero-order valence-corrected chi connectivity index (χ0v) is 13.4. The number of carbonyl (C=O) groups is 2. The Balaban J connectivity index is 2.07. The first kappa shape index (κ1) is 16.7. The van der Waals surface area contributed by atoms with Gasteiger partial charge >= 0.3 is 0 Å². The van der Waals surface area contributed by atoms with Crippen LogP contribution < -0.4 is 4.74 Å². The average Bonchev–Trinajstić information content (AvgIpc) is 2.64. The molecule has 0 fully saturated rings. The monoisotopic (exact) mass is 337 g/mol. The van der Waals surface area contributed by atoms with Gasteiger partial charge in [0, 0.05) is 10.5 Å². The van der Waals surface area contributed by atoms with E-state index in [2.05, 4.69) is 10.0 Å². The van der Waals surface area contributed by atoms with E-state index >= 15 is 0 Å². The number of aliphatic hydroxyl groups excluding tert-OH is 1. The van der Waals surface area contributed by atoms with Crippen molar-refractivity contribution in [1.29, 1.82) is 0 Å². The minimum atomic E-state index is -2.04. The van der Waals surface area contributed by atoms with Crippen molar-refractivity contribution in [3.8, 4) is 5.75 Å². The molecular weight excluding hydrogens is 322 g/mol. The van der Waals surface area contributed by atoms with Crippen LogP contribution in [-0.2, 0) is 0 Å². The number of ketones is 2. The number of ether oxygens (including phenoxy) is 1. The smallest absolute Gasteiger partial charge is 0.192 e. The lowest BCUT2D eigenvalue weighted by Gasteiger charge is -2.35. The molecule has 2 aromatic carbocycles. The molecule has 7 nitrogen and oxygen atoms in total. The highest BCUT2D eigenvalue weighted by atomic mass is 16.5. The molecule has 0 radical (unpaired) electrons. The summed E-state index contributed by atoms with van der Waals surface area (Å²) in [5, 5.41) is 14.1. The van der Waals surface area contributed by atoms with Gasteiger partial charge in [-0.1, -0.05) is 47.1 Å². The third-order valence-corrected chi connectivity index (χ3v) is 4.20. The van der Waals surface area contributed by atoms with E-state index in [9.17, 15) is 14.7 Å². The molecule has 0 aliphatic carbocycles. The quantitative estimate of drug-likeness (QED) is 0.400. The number of rotatable bonds is 4. The second kappa shape index (κ2) is 6.39. The van der Waals surface area contributed by atoms with Gasteiger partial charge in [0.2, 0.25) is 0 Å². The molecule has 2 aromatic rings. The fourth-order valence-electron chi connectivity index (χ4n) is 2.82. The van der Waals surface area contributed by atoms with Crippen molar-refractivity contribution in [2.24, 2.45) is 5.11 Å². The zero-order valence-electron chi connectivity index (χ0n) is 13.4. The maximum atomic E-state index is 13.0. The number of hydrogen-bond acceptors (Lipinski definition) is 5. The van der Waals surface area contributed by atoms with Gasteiger partial charge in [-0.05, 0) is 24.6 Å². The number of benzene rings is 2. The number of fused-ring (bicyclic) bond motifs is 1. The number of aliphatic hydroxyl groups is 1.